The SMILES string of the molecule is CC(C)(C)[Si](C)(C)OC1(C2(F)C=C(Cl)C=NC2NC(=O)CN(Cc2ccc(C(F)(F)F)cc2)C(=O)CCl)CCC1. The van der Waals surface area contributed by atoms with Gasteiger partial charge in [-0.05, 0) is 61.2 Å². The molecule has 6 nitrogen and oxygen atoms in total. The molecule has 0 saturated heterocycles. The third-order valence-corrected chi connectivity index (χ3v) is 12.9. The van der Waals surface area contributed by atoms with Gasteiger partial charge in [0.25, 0.3) is 0 Å². The average molecular weight is 625 g/mol. The average Bonchev–Trinajstić information content (AvgIpc) is 2.81. The molecule has 2 atom stereocenters. The number of halogens is 6. The Morgan fingerprint density at radius 2 is 1.77 bits per heavy atom. The Labute approximate surface area is 243 Å². The van der Waals surface area contributed by atoms with E-state index in [1.54, 1.807) is 0 Å². The third-order valence-electron chi connectivity index (χ3n) is 7.96. The molecule has 1 saturated carbocycles. The van der Waals surface area contributed by atoms with Crippen molar-refractivity contribution >= 4 is 49.5 Å². The van der Waals surface area contributed by atoms with Crippen LogP contribution in [0.25, 0.3) is 0 Å². The van der Waals surface area contributed by atoms with Crippen LogP contribution in [0.2, 0.25) is 18.1 Å². The Hall–Kier alpha value is -1.95. The van der Waals surface area contributed by atoms with Gasteiger partial charge in [0.05, 0.1) is 22.7 Å². The fraction of sp³-hybridized carbons (Fsp3) is 0.593. The van der Waals surface area contributed by atoms with E-state index < -0.39 is 61.7 Å². The van der Waals surface area contributed by atoms with Crippen LogP contribution in [0.3, 0.4) is 0 Å². The molecule has 13 heteroatoms. The zero-order valence-electron chi connectivity index (χ0n) is 23.2. The number of rotatable bonds is 9. The lowest BCUT2D eigenvalue weighted by atomic mass is 9.67. The standard InChI is InChI=1S/C27H35Cl2F4N3O3Si/c1-24(2,3)40(4,5)39-25(11-6-12-25)26(30)13-20(29)15-34-23(26)35-21(37)17-36(22(38)14-28)16-18-7-9-19(10-8-18)27(31,32)33/h7-10,13,15,23H,6,11-12,14,16-17H2,1-5H3,(H,35,37). The Kier molecular flexibility index (Phi) is 9.55. The molecule has 3 rings (SSSR count). The first-order chi connectivity index (χ1) is 18.3. The molecule has 222 valence electrons. The molecule has 1 fully saturated rings. The molecule has 40 heavy (non-hydrogen) atoms. The van der Waals surface area contributed by atoms with Crippen molar-refractivity contribution in [3.8, 4) is 0 Å². The lowest BCUT2D eigenvalue weighted by molar-refractivity contribution is -0.143. The van der Waals surface area contributed by atoms with E-state index in [0.717, 1.165) is 23.5 Å². The predicted octanol–water partition coefficient (Wildman–Crippen LogP) is 6.58. The molecule has 1 heterocycles. The van der Waals surface area contributed by atoms with E-state index in [2.05, 4.69) is 31.1 Å². The number of benzene rings is 1. The summed E-state index contributed by atoms with van der Waals surface area (Å²) in [6, 6.07) is 4.23. The molecule has 1 aliphatic carbocycles. The van der Waals surface area contributed by atoms with E-state index in [-0.39, 0.29) is 16.6 Å². The molecule has 1 aromatic rings. The quantitative estimate of drug-likeness (QED) is 0.192. The summed E-state index contributed by atoms with van der Waals surface area (Å²) in [5.41, 5.74) is -3.97. The summed E-state index contributed by atoms with van der Waals surface area (Å²) in [6.07, 6.45) is -1.80. The van der Waals surface area contributed by atoms with Crippen molar-refractivity contribution in [2.75, 3.05) is 12.4 Å². The van der Waals surface area contributed by atoms with E-state index >= 15 is 4.39 Å². The Bertz CT molecular complexity index is 1170. The first kappa shape index (κ1) is 32.6. The molecule has 0 spiro atoms. The second kappa shape index (κ2) is 11.7. The van der Waals surface area contributed by atoms with E-state index in [9.17, 15) is 22.8 Å². The van der Waals surface area contributed by atoms with E-state index in [4.69, 9.17) is 27.6 Å². The highest BCUT2D eigenvalue weighted by atomic mass is 35.5. The molecular formula is C27H35Cl2F4N3O3Si. The van der Waals surface area contributed by atoms with Gasteiger partial charge in [0.15, 0.2) is 20.2 Å². The van der Waals surface area contributed by atoms with Gasteiger partial charge >= 0.3 is 6.18 Å². The van der Waals surface area contributed by atoms with Crippen LogP contribution in [0.5, 0.6) is 0 Å². The number of allylic oxidation sites excluding steroid dienone is 1. The smallest absolute Gasteiger partial charge is 0.408 e. The molecule has 1 aliphatic heterocycles. The summed E-state index contributed by atoms with van der Waals surface area (Å²) in [4.78, 5) is 30.9. The number of hydrogen-bond donors (Lipinski definition) is 1. The molecule has 1 N–H and O–H groups in total. The number of carbonyl (C=O) groups is 2. The molecule has 0 bridgehead atoms. The molecule has 0 aromatic heterocycles. The van der Waals surface area contributed by atoms with Crippen LogP contribution in [0.4, 0.5) is 17.6 Å². The topological polar surface area (TPSA) is 71.0 Å². The first-order valence-electron chi connectivity index (χ1n) is 12.9. The number of dihydropyridines is 1. The minimum Gasteiger partial charge on any atom is -0.408 e. The summed E-state index contributed by atoms with van der Waals surface area (Å²) in [5.74, 6) is -1.79. The highest BCUT2D eigenvalue weighted by molar-refractivity contribution is 6.74. The van der Waals surface area contributed by atoms with Crippen molar-refractivity contribution in [2.24, 2.45) is 4.99 Å². The largest absolute Gasteiger partial charge is 0.416 e. The van der Waals surface area contributed by atoms with Gasteiger partial charge in [-0.1, -0.05) is 44.5 Å². The maximum atomic E-state index is 17.1. The molecule has 2 unspecified atom stereocenters. The lowest BCUT2D eigenvalue weighted by Gasteiger charge is -2.57. The minimum absolute atomic E-state index is 0.0827. The van der Waals surface area contributed by atoms with Gasteiger partial charge in [-0.3, -0.25) is 14.6 Å². The Morgan fingerprint density at radius 1 is 1.18 bits per heavy atom. The molecule has 1 aromatic carbocycles. The van der Waals surface area contributed by atoms with Crippen molar-refractivity contribution < 1.29 is 31.6 Å². The van der Waals surface area contributed by atoms with Gasteiger partial charge in [0.2, 0.25) is 11.8 Å². The zero-order valence-corrected chi connectivity index (χ0v) is 25.7. The number of amides is 2. The van der Waals surface area contributed by atoms with Gasteiger partial charge in [-0.2, -0.15) is 13.2 Å². The predicted molar refractivity (Wildman–Crippen MR) is 151 cm³/mol. The van der Waals surface area contributed by atoms with Gasteiger partial charge in [0, 0.05) is 12.8 Å². The maximum absolute atomic E-state index is 17.1. The number of hydrogen-bond acceptors (Lipinski definition) is 4. The number of carbonyl (C=O) groups excluding carboxylic acids is 2. The summed E-state index contributed by atoms with van der Waals surface area (Å²) in [5, 5.41) is 2.47. The molecule has 2 aliphatic rings. The molecular weight excluding hydrogens is 589 g/mol. The van der Waals surface area contributed by atoms with Crippen LogP contribution in [0.1, 0.15) is 51.2 Å². The maximum Gasteiger partial charge on any atom is 0.416 e. The second-order valence-corrected chi connectivity index (χ2v) is 17.3. The van der Waals surface area contributed by atoms with Gasteiger partial charge < -0.3 is 14.6 Å². The summed E-state index contributed by atoms with van der Waals surface area (Å²) >= 11 is 11.9. The normalized spacial score (nSPS) is 22.8. The highest BCUT2D eigenvalue weighted by Crippen LogP contribution is 2.54. The van der Waals surface area contributed by atoms with E-state index in [1.165, 1.54) is 24.4 Å². The van der Waals surface area contributed by atoms with Crippen LogP contribution in [-0.4, -0.2) is 61.1 Å². The van der Waals surface area contributed by atoms with Crippen molar-refractivity contribution in [3.63, 3.8) is 0 Å². The van der Waals surface area contributed by atoms with E-state index in [1.807, 2.05) is 13.1 Å². The lowest BCUT2D eigenvalue weighted by Crippen LogP contribution is -2.69. The zero-order chi connectivity index (χ0) is 30.1. The van der Waals surface area contributed by atoms with Crippen molar-refractivity contribution in [1.29, 1.82) is 0 Å². The first-order valence-corrected chi connectivity index (χ1v) is 16.8. The number of alkyl halides is 5. The fourth-order valence-electron chi connectivity index (χ4n) is 4.50. The number of nitrogens with one attached hydrogen (secondary N) is 1. The van der Waals surface area contributed by atoms with Crippen molar-refractivity contribution in [3.05, 3.63) is 46.5 Å². The molecule has 0 radical (unpaired) electrons. The third kappa shape index (κ3) is 6.91. The number of aliphatic imine (C=N–C) groups is 1. The molecule has 2 amide bonds. The van der Waals surface area contributed by atoms with Crippen LogP contribution in [-0.2, 0) is 26.7 Å². The van der Waals surface area contributed by atoms with Gasteiger partial charge in [0.1, 0.15) is 5.88 Å². The summed E-state index contributed by atoms with van der Waals surface area (Å²) < 4.78 is 62.5. The minimum atomic E-state index is -4.51. The van der Waals surface area contributed by atoms with Gasteiger partial charge in [-0.25, -0.2) is 4.39 Å². The summed E-state index contributed by atoms with van der Waals surface area (Å²) in [6.45, 7) is 9.53. The Balaban J connectivity index is 1.81. The highest BCUT2D eigenvalue weighted by Gasteiger charge is 2.63. The number of nitrogens with zero attached hydrogens (tertiary/aromatic N) is 2. The fourth-order valence-corrected chi connectivity index (χ4v) is 6.53. The van der Waals surface area contributed by atoms with Gasteiger partial charge in [-0.15, -0.1) is 11.6 Å². The van der Waals surface area contributed by atoms with E-state index in [0.29, 0.717) is 18.4 Å². The van der Waals surface area contributed by atoms with Crippen LogP contribution >= 0.6 is 23.2 Å². The van der Waals surface area contributed by atoms with Crippen LogP contribution < -0.4 is 5.32 Å². The van der Waals surface area contributed by atoms with Crippen LogP contribution in [0.15, 0.2) is 40.4 Å². The monoisotopic (exact) mass is 623 g/mol. The van der Waals surface area contributed by atoms with Crippen LogP contribution in [0, 0.1) is 0 Å². The summed E-state index contributed by atoms with van der Waals surface area (Å²) in [7, 11) is -2.45. The van der Waals surface area contributed by atoms with Crippen molar-refractivity contribution in [1.82, 2.24) is 10.2 Å². The van der Waals surface area contributed by atoms with Crippen molar-refractivity contribution in [2.45, 2.75) is 88.3 Å². The Morgan fingerprint density at radius 3 is 2.25 bits per heavy atom. The second-order valence-electron chi connectivity index (χ2n) is 11.8.